The number of hydrogen-bond acceptors (Lipinski definition) is 5. The molecule has 29 heavy (non-hydrogen) atoms. The van der Waals surface area contributed by atoms with Crippen molar-refractivity contribution in [3.8, 4) is 22.8 Å². The Morgan fingerprint density at radius 3 is 2.69 bits per heavy atom. The van der Waals surface area contributed by atoms with E-state index in [1.54, 1.807) is 14.2 Å². The smallest absolute Gasteiger partial charge is 0.257 e. The van der Waals surface area contributed by atoms with Crippen LogP contribution in [0.15, 0.2) is 41.8 Å². The van der Waals surface area contributed by atoms with Crippen LogP contribution in [0, 0.1) is 13.8 Å². The van der Waals surface area contributed by atoms with Crippen LogP contribution in [0.5, 0.6) is 11.5 Å². The van der Waals surface area contributed by atoms with Gasteiger partial charge in [0.1, 0.15) is 11.5 Å². The molecule has 0 saturated heterocycles. The Morgan fingerprint density at radius 2 is 1.93 bits per heavy atom. The Kier molecular flexibility index (Phi) is 4.98. The van der Waals surface area contributed by atoms with E-state index in [1.165, 1.54) is 11.3 Å². The molecule has 148 valence electrons. The molecular formula is C22H21N3O3S. The third kappa shape index (κ3) is 3.56. The van der Waals surface area contributed by atoms with Crippen LogP contribution in [0.1, 0.15) is 21.6 Å². The lowest BCUT2D eigenvalue weighted by molar-refractivity contribution is 0.102. The SMILES string of the molecule is COc1ccc(OC)c(-c2csc(NC(=O)c3ccc4[nH]c(C)c(C)c4c3)n2)c1. The van der Waals surface area contributed by atoms with Crippen LogP contribution in [0.2, 0.25) is 0 Å². The van der Waals surface area contributed by atoms with Crippen molar-refractivity contribution in [2.45, 2.75) is 13.8 Å². The van der Waals surface area contributed by atoms with E-state index in [0.29, 0.717) is 27.9 Å². The highest BCUT2D eigenvalue weighted by atomic mass is 32.1. The molecule has 2 aromatic heterocycles. The van der Waals surface area contributed by atoms with E-state index < -0.39 is 0 Å². The molecule has 4 aromatic rings. The lowest BCUT2D eigenvalue weighted by Crippen LogP contribution is -2.11. The van der Waals surface area contributed by atoms with Gasteiger partial charge < -0.3 is 14.5 Å². The number of benzene rings is 2. The van der Waals surface area contributed by atoms with Crippen molar-refractivity contribution in [3.63, 3.8) is 0 Å². The van der Waals surface area contributed by atoms with Gasteiger partial charge in [0.2, 0.25) is 0 Å². The summed E-state index contributed by atoms with van der Waals surface area (Å²) in [5.41, 5.74) is 5.40. The van der Waals surface area contributed by atoms with E-state index in [-0.39, 0.29) is 5.91 Å². The normalized spacial score (nSPS) is 10.9. The number of thiazole rings is 1. The molecule has 0 spiro atoms. The zero-order valence-corrected chi connectivity index (χ0v) is 17.4. The number of aromatic nitrogens is 2. The van der Waals surface area contributed by atoms with Gasteiger partial charge in [-0.25, -0.2) is 4.98 Å². The molecule has 2 aromatic carbocycles. The number of nitrogens with one attached hydrogen (secondary N) is 2. The highest BCUT2D eigenvalue weighted by Crippen LogP contribution is 2.35. The van der Waals surface area contributed by atoms with Crippen molar-refractivity contribution < 1.29 is 14.3 Å². The molecule has 2 heterocycles. The third-order valence-corrected chi connectivity index (χ3v) is 5.74. The summed E-state index contributed by atoms with van der Waals surface area (Å²) in [5.74, 6) is 1.21. The largest absolute Gasteiger partial charge is 0.497 e. The van der Waals surface area contributed by atoms with Crippen molar-refractivity contribution in [3.05, 3.63) is 58.6 Å². The third-order valence-electron chi connectivity index (χ3n) is 4.98. The Morgan fingerprint density at radius 1 is 1.10 bits per heavy atom. The number of hydrogen-bond donors (Lipinski definition) is 2. The zero-order valence-electron chi connectivity index (χ0n) is 16.6. The quantitative estimate of drug-likeness (QED) is 0.478. The highest BCUT2D eigenvalue weighted by molar-refractivity contribution is 7.14. The second kappa shape index (κ2) is 7.60. The topological polar surface area (TPSA) is 76.2 Å². The van der Waals surface area contributed by atoms with Crippen molar-refractivity contribution in [2.24, 2.45) is 0 Å². The van der Waals surface area contributed by atoms with Crippen molar-refractivity contribution >= 4 is 33.3 Å². The summed E-state index contributed by atoms with van der Waals surface area (Å²) in [6.45, 7) is 4.07. The molecule has 0 radical (unpaired) electrons. The first-order valence-electron chi connectivity index (χ1n) is 9.08. The Balaban J connectivity index is 1.60. The first kappa shape index (κ1) is 19.0. The van der Waals surface area contributed by atoms with Gasteiger partial charge in [0.25, 0.3) is 5.91 Å². The van der Waals surface area contributed by atoms with Crippen LogP contribution in [0.3, 0.4) is 0 Å². The average Bonchev–Trinajstić information content (AvgIpc) is 3.31. The van der Waals surface area contributed by atoms with Gasteiger partial charge in [-0.2, -0.15) is 0 Å². The number of amides is 1. The van der Waals surface area contributed by atoms with Gasteiger partial charge >= 0.3 is 0 Å². The predicted octanol–water partition coefficient (Wildman–Crippen LogP) is 5.18. The monoisotopic (exact) mass is 407 g/mol. The lowest BCUT2D eigenvalue weighted by atomic mass is 10.1. The summed E-state index contributed by atoms with van der Waals surface area (Å²) < 4.78 is 10.7. The molecule has 0 atom stereocenters. The fourth-order valence-electron chi connectivity index (χ4n) is 3.24. The zero-order chi connectivity index (χ0) is 20.5. The van der Waals surface area contributed by atoms with E-state index >= 15 is 0 Å². The second-order valence-electron chi connectivity index (χ2n) is 6.69. The summed E-state index contributed by atoms with van der Waals surface area (Å²) in [5, 5.41) is 6.35. The van der Waals surface area contributed by atoms with E-state index in [0.717, 1.165) is 27.7 Å². The number of carbonyl (C=O) groups excluding carboxylic acids is 1. The second-order valence-corrected chi connectivity index (χ2v) is 7.55. The molecule has 0 unspecified atom stereocenters. The average molecular weight is 407 g/mol. The number of aryl methyl sites for hydroxylation is 2. The minimum Gasteiger partial charge on any atom is -0.497 e. The van der Waals surface area contributed by atoms with Crippen molar-refractivity contribution in [2.75, 3.05) is 19.5 Å². The number of ether oxygens (including phenoxy) is 2. The Hall–Kier alpha value is -3.32. The first-order chi connectivity index (χ1) is 14.0. The number of H-pyrrole nitrogens is 1. The molecule has 0 aliphatic carbocycles. The Bertz CT molecular complexity index is 1210. The standard InChI is InChI=1S/C22H21N3O3S/c1-12-13(2)23-18-7-5-14(9-16(12)18)21(26)25-22-24-19(11-29-22)17-10-15(27-3)6-8-20(17)28-4/h5-11,23H,1-4H3,(H,24,25,26). The number of methoxy groups -OCH3 is 2. The van der Waals surface area contributed by atoms with Crippen LogP contribution >= 0.6 is 11.3 Å². The molecule has 4 rings (SSSR count). The van der Waals surface area contributed by atoms with Gasteiger partial charge in [0.05, 0.1) is 19.9 Å². The fourth-order valence-corrected chi connectivity index (χ4v) is 3.95. The van der Waals surface area contributed by atoms with Crippen LogP contribution in [0.4, 0.5) is 5.13 Å². The van der Waals surface area contributed by atoms with Crippen molar-refractivity contribution in [1.29, 1.82) is 0 Å². The molecule has 6 nitrogen and oxygen atoms in total. The maximum atomic E-state index is 12.7. The summed E-state index contributed by atoms with van der Waals surface area (Å²) in [6, 6.07) is 11.2. The number of aromatic amines is 1. The summed E-state index contributed by atoms with van der Waals surface area (Å²) in [7, 11) is 3.23. The number of rotatable bonds is 5. The maximum absolute atomic E-state index is 12.7. The molecule has 0 fully saturated rings. The van der Waals surface area contributed by atoms with Crippen LogP contribution in [-0.4, -0.2) is 30.1 Å². The minimum absolute atomic E-state index is 0.191. The fraction of sp³-hybridized carbons (Fsp3) is 0.182. The number of fused-ring (bicyclic) bond motifs is 1. The summed E-state index contributed by atoms with van der Waals surface area (Å²) in [6.07, 6.45) is 0. The summed E-state index contributed by atoms with van der Waals surface area (Å²) in [4.78, 5) is 20.6. The van der Waals surface area contributed by atoms with Crippen LogP contribution in [0.25, 0.3) is 22.2 Å². The van der Waals surface area contributed by atoms with Gasteiger partial charge in [0.15, 0.2) is 5.13 Å². The number of nitrogens with zero attached hydrogens (tertiary/aromatic N) is 1. The molecule has 0 aliphatic rings. The molecule has 1 amide bonds. The number of carbonyl (C=O) groups is 1. The van der Waals surface area contributed by atoms with E-state index in [9.17, 15) is 4.79 Å². The van der Waals surface area contributed by atoms with Crippen LogP contribution in [-0.2, 0) is 0 Å². The van der Waals surface area contributed by atoms with Gasteiger partial charge in [-0.15, -0.1) is 11.3 Å². The van der Waals surface area contributed by atoms with Gasteiger partial charge in [-0.1, -0.05) is 0 Å². The summed E-state index contributed by atoms with van der Waals surface area (Å²) >= 11 is 1.37. The number of anilines is 1. The molecule has 7 heteroatoms. The highest BCUT2D eigenvalue weighted by Gasteiger charge is 2.15. The molecule has 0 saturated carbocycles. The molecule has 0 bridgehead atoms. The van der Waals surface area contributed by atoms with Crippen LogP contribution < -0.4 is 14.8 Å². The lowest BCUT2D eigenvalue weighted by Gasteiger charge is -2.08. The van der Waals surface area contributed by atoms with E-state index in [2.05, 4.69) is 15.3 Å². The molecule has 0 aliphatic heterocycles. The predicted molar refractivity (Wildman–Crippen MR) is 116 cm³/mol. The maximum Gasteiger partial charge on any atom is 0.257 e. The van der Waals surface area contributed by atoms with Gasteiger partial charge in [-0.3, -0.25) is 10.1 Å². The van der Waals surface area contributed by atoms with E-state index in [1.807, 2.05) is 55.6 Å². The van der Waals surface area contributed by atoms with Gasteiger partial charge in [0, 0.05) is 33.1 Å². The minimum atomic E-state index is -0.191. The van der Waals surface area contributed by atoms with E-state index in [4.69, 9.17) is 9.47 Å². The molecular weight excluding hydrogens is 386 g/mol. The first-order valence-corrected chi connectivity index (χ1v) is 9.96. The van der Waals surface area contributed by atoms with Gasteiger partial charge in [-0.05, 0) is 55.8 Å². The molecule has 2 N–H and O–H groups in total. The van der Waals surface area contributed by atoms with Crippen molar-refractivity contribution in [1.82, 2.24) is 9.97 Å². The Labute approximate surface area is 172 Å².